The lowest BCUT2D eigenvalue weighted by atomic mass is 10.2. The number of ether oxygens (including phenoxy) is 1. The van der Waals surface area contributed by atoms with Crippen LogP contribution >= 0.6 is 15.9 Å². The summed E-state index contributed by atoms with van der Waals surface area (Å²) in [5.74, 6) is 0.906. The second-order valence-corrected chi connectivity index (χ2v) is 4.33. The Balaban J connectivity index is 1.90. The van der Waals surface area contributed by atoms with E-state index in [0.29, 0.717) is 13.2 Å². The van der Waals surface area contributed by atoms with Gasteiger partial charge in [0.1, 0.15) is 25.0 Å². The molecule has 1 aromatic carbocycles. The summed E-state index contributed by atoms with van der Waals surface area (Å²) in [6.45, 7) is 3.32. The van der Waals surface area contributed by atoms with Crippen molar-refractivity contribution in [1.82, 2.24) is 14.8 Å². The largest absolute Gasteiger partial charge is 0.491 e. The van der Waals surface area contributed by atoms with Crippen LogP contribution in [-0.4, -0.2) is 21.4 Å². The molecule has 0 unspecified atom stereocenters. The third-order valence-electron chi connectivity index (χ3n) is 2.18. The van der Waals surface area contributed by atoms with Crippen molar-refractivity contribution in [2.24, 2.45) is 0 Å². The maximum atomic E-state index is 5.66. The monoisotopic (exact) mass is 281 g/mol. The van der Waals surface area contributed by atoms with E-state index in [0.717, 1.165) is 15.8 Å². The van der Waals surface area contributed by atoms with Crippen LogP contribution in [0.3, 0.4) is 0 Å². The molecule has 2 rings (SSSR count). The number of benzene rings is 1. The molecular weight excluding hydrogens is 270 g/mol. The minimum Gasteiger partial charge on any atom is -0.491 e. The van der Waals surface area contributed by atoms with E-state index >= 15 is 0 Å². The van der Waals surface area contributed by atoms with Crippen molar-refractivity contribution in [2.45, 2.75) is 13.5 Å². The summed E-state index contributed by atoms with van der Waals surface area (Å²) in [4.78, 5) is 3.87. The molecule has 0 spiro atoms. The van der Waals surface area contributed by atoms with Crippen LogP contribution in [0.5, 0.6) is 5.75 Å². The first-order chi connectivity index (χ1) is 7.75. The molecule has 0 radical (unpaired) electrons. The molecule has 4 nitrogen and oxygen atoms in total. The minimum absolute atomic E-state index is 0.589. The first-order valence-corrected chi connectivity index (χ1v) is 5.76. The van der Waals surface area contributed by atoms with Crippen LogP contribution in [0.4, 0.5) is 0 Å². The topological polar surface area (TPSA) is 39.9 Å². The zero-order valence-electron chi connectivity index (χ0n) is 8.93. The summed E-state index contributed by atoms with van der Waals surface area (Å²) in [5, 5.41) is 4.00. The standard InChI is InChI=1S/C11H12BrN3O/c1-9-6-10(12)2-3-11(9)16-5-4-15-8-13-7-14-15/h2-3,6-8H,4-5H2,1H3. The number of halogens is 1. The highest BCUT2D eigenvalue weighted by molar-refractivity contribution is 9.10. The Morgan fingerprint density at radius 3 is 3.00 bits per heavy atom. The van der Waals surface area contributed by atoms with E-state index in [1.54, 1.807) is 11.0 Å². The van der Waals surface area contributed by atoms with Gasteiger partial charge in [-0.15, -0.1) is 0 Å². The number of hydrogen-bond donors (Lipinski definition) is 0. The predicted octanol–water partition coefficient (Wildman–Crippen LogP) is 2.43. The highest BCUT2D eigenvalue weighted by Gasteiger charge is 2.00. The van der Waals surface area contributed by atoms with E-state index in [1.807, 2.05) is 25.1 Å². The normalized spacial score (nSPS) is 10.4. The number of nitrogens with zero attached hydrogens (tertiary/aromatic N) is 3. The molecule has 1 aromatic heterocycles. The Hall–Kier alpha value is -1.36. The van der Waals surface area contributed by atoms with Gasteiger partial charge in [0.05, 0.1) is 6.54 Å². The average molecular weight is 282 g/mol. The van der Waals surface area contributed by atoms with Crippen LogP contribution in [0.25, 0.3) is 0 Å². The smallest absolute Gasteiger partial charge is 0.137 e. The molecule has 2 aromatic rings. The summed E-state index contributed by atoms with van der Waals surface area (Å²) in [7, 11) is 0. The van der Waals surface area contributed by atoms with Gasteiger partial charge in [-0.2, -0.15) is 5.10 Å². The molecule has 0 aliphatic rings. The number of rotatable bonds is 4. The minimum atomic E-state index is 0.589. The zero-order chi connectivity index (χ0) is 11.4. The van der Waals surface area contributed by atoms with Crippen molar-refractivity contribution in [3.8, 4) is 5.75 Å². The van der Waals surface area contributed by atoms with Crippen LogP contribution < -0.4 is 4.74 Å². The summed E-state index contributed by atoms with van der Waals surface area (Å²) in [5.41, 5.74) is 1.12. The number of aromatic nitrogens is 3. The summed E-state index contributed by atoms with van der Waals surface area (Å²) in [6.07, 6.45) is 3.20. The fraction of sp³-hybridized carbons (Fsp3) is 0.273. The van der Waals surface area contributed by atoms with Crippen LogP contribution in [0.1, 0.15) is 5.56 Å². The molecule has 0 aliphatic carbocycles. The Morgan fingerprint density at radius 1 is 1.44 bits per heavy atom. The van der Waals surface area contributed by atoms with Crippen molar-refractivity contribution in [1.29, 1.82) is 0 Å². The zero-order valence-corrected chi connectivity index (χ0v) is 10.5. The van der Waals surface area contributed by atoms with Gasteiger partial charge in [-0.25, -0.2) is 9.67 Å². The van der Waals surface area contributed by atoms with E-state index < -0.39 is 0 Å². The quantitative estimate of drug-likeness (QED) is 0.864. The Bertz CT molecular complexity index is 456. The first-order valence-electron chi connectivity index (χ1n) is 4.97. The summed E-state index contributed by atoms with van der Waals surface area (Å²) in [6, 6.07) is 5.96. The van der Waals surface area contributed by atoms with Crippen molar-refractivity contribution >= 4 is 15.9 Å². The molecule has 0 saturated heterocycles. The van der Waals surface area contributed by atoms with Crippen LogP contribution in [-0.2, 0) is 6.54 Å². The van der Waals surface area contributed by atoms with Crippen LogP contribution in [0.15, 0.2) is 35.3 Å². The molecule has 0 bridgehead atoms. The molecule has 1 heterocycles. The lowest BCUT2D eigenvalue weighted by molar-refractivity contribution is 0.289. The molecular formula is C11H12BrN3O. The maximum absolute atomic E-state index is 5.66. The molecule has 0 saturated carbocycles. The SMILES string of the molecule is Cc1cc(Br)ccc1OCCn1cncn1. The highest BCUT2D eigenvalue weighted by Crippen LogP contribution is 2.21. The lowest BCUT2D eigenvalue weighted by Gasteiger charge is -2.09. The Morgan fingerprint density at radius 2 is 2.31 bits per heavy atom. The van der Waals surface area contributed by atoms with E-state index in [4.69, 9.17) is 4.74 Å². The molecule has 0 atom stereocenters. The molecule has 0 amide bonds. The Labute approximate surface area is 102 Å². The second kappa shape index (κ2) is 5.12. The first kappa shape index (κ1) is 11.1. The maximum Gasteiger partial charge on any atom is 0.137 e. The van der Waals surface area contributed by atoms with Gasteiger partial charge in [-0.05, 0) is 30.7 Å². The van der Waals surface area contributed by atoms with E-state index in [1.165, 1.54) is 6.33 Å². The number of aryl methyl sites for hydroxylation is 1. The molecule has 5 heteroatoms. The third kappa shape index (κ3) is 2.82. The predicted molar refractivity (Wildman–Crippen MR) is 64.4 cm³/mol. The van der Waals surface area contributed by atoms with Gasteiger partial charge in [0.15, 0.2) is 0 Å². The van der Waals surface area contributed by atoms with Gasteiger partial charge in [0, 0.05) is 4.47 Å². The molecule has 0 N–H and O–H groups in total. The van der Waals surface area contributed by atoms with Gasteiger partial charge in [0.25, 0.3) is 0 Å². The van der Waals surface area contributed by atoms with Crippen molar-refractivity contribution in [3.63, 3.8) is 0 Å². The van der Waals surface area contributed by atoms with Gasteiger partial charge < -0.3 is 4.74 Å². The fourth-order valence-corrected chi connectivity index (χ4v) is 1.85. The summed E-state index contributed by atoms with van der Waals surface area (Å²) >= 11 is 3.42. The lowest BCUT2D eigenvalue weighted by Crippen LogP contribution is -2.08. The van der Waals surface area contributed by atoms with Gasteiger partial charge >= 0.3 is 0 Å². The third-order valence-corrected chi connectivity index (χ3v) is 2.67. The van der Waals surface area contributed by atoms with Gasteiger partial charge in [0.2, 0.25) is 0 Å². The average Bonchev–Trinajstić information content (AvgIpc) is 2.74. The van der Waals surface area contributed by atoms with Gasteiger partial charge in [-0.1, -0.05) is 15.9 Å². The summed E-state index contributed by atoms with van der Waals surface area (Å²) < 4.78 is 8.46. The van der Waals surface area contributed by atoms with Crippen LogP contribution in [0, 0.1) is 6.92 Å². The molecule has 0 aliphatic heterocycles. The molecule has 0 fully saturated rings. The van der Waals surface area contributed by atoms with Crippen LogP contribution in [0.2, 0.25) is 0 Å². The van der Waals surface area contributed by atoms with Gasteiger partial charge in [-0.3, -0.25) is 0 Å². The second-order valence-electron chi connectivity index (χ2n) is 3.42. The van der Waals surface area contributed by atoms with E-state index in [-0.39, 0.29) is 0 Å². The van der Waals surface area contributed by atoms with Crippen molar-refractivity contribution in [3.05, 3.63) is 40.9 Å². The number of hydrogen-bond acceptors (Lipinski definition) is 3. The Kier molecular flexibility index (Phi) is 3.56. The molecule has 16 heavy (non-hydrogen) atoms. The van der Waals surface area contributed by atoms with E-state index in [9.17, 15) is 0 Å². The van der Waals surface area contributed by atoms with Crippen molar-refractivity contribution in [2.75, 3.05) is 6.61 Å². The highest BCUT2D eigenvalue weighted by atomic mass is 79.9. The fourth-order valence-electron chi connectivity index (χ4n) is 1.37. The van der Waals surface area contributed by atoms with E-state index in [2.05, 4.69) is 26.0 Å². The molecule has 84 valence electrons. The van der Waals surface area contributed by atoms with Crippen molar-refractivity contribution < 1.29 is 4.74 Å².